The van der Waals surface area contributed by atoms with E-state index in [0.29, 0.717) is 0 Å². The van der Waals surface area contributed by atoms with Gasteiger partial charge in [0.25, 0.3) is 0 Å². The number of aliphatic hydroxyl groups excluding tert-OH is 4. The Morgan fingerprint density at radius 2 is 1.02 bits per heavy atom. The average Bonchev–Trinajstić information content (AvgIpc) is 3.10. The topological polar surface area (TPSA) is 127 Å². The molecular formula is C31H68O9Si3. The molecule has 4 N–H and O–H groups in total. The highest BCUT2D eigenvalue weighted by molar-refractivity contribution is 6.75. The van der Waals surface area contributed by atoms with Crippen molar-refractivity contribution in [3.8, 4) is 0 Å². The summed E-state index contributed by atoms with van der Waals surface area (Å²) in [5, 5.41) is 45.4. The van der Waals surface area contributed by atoms with Crippen LogP contribution in [-0.4, -0.2) is 107 Å². The Hall–Kier alpha value is 0.291. The number of hydrogen-bond acceptors (Lipinski definition) is 9. The lowest BCUT2D eigenvalue weighted by atomic mass is 9.93. The van der Waals surface area contributed by atoms with Gasteiger partial charge in [0.05, 0.1) is 12.7 Å². The highest BCUT2D eigenvalue weighted by Crippen LogP contribution is 2.43. The summed E-state index contributed by atoms with van der Waals surface area (Å²) in [7, 11) is -7.32. The van der Waals surface area contributed by atoms with E-state index < -0.39 is 79.6 Å². The van der Waals surface area contributed by atoms with E-state index in [1.807, 2.05) is 26.2 Å². The van der Waals surface area contributed by atoms with Gasteiger partial charge in [-0.15, -0.1) is 0 Å². The molecule has 0 aromatic heterocycles. The largest absolute Gasteiger partial charge is 0.414 e. The fourth-order valence-electron chi connectivity index (χ4n) is 4.15. The minimum absolute atomic E-state index is 0.0247. The Morgan fingerprint density at radius 1 is 0.651 bits per heavy atom. The first-order valence-electron chi connectivity index (χ1n) is 15.9. The lowest BCUT2D eigenvalue weighted by Crippen LogP contribution is -2.63. The molecule has 0 aromatic rings. The Bertz CT molecular complexity index is 888. The maximum Gasteiger partial charge on any atom is 0.192 e. The van der Waals surface area contributed by atoms with Gasteiger partial charge in [-0.25, -0.2) is 0 Å². The van der Waals surface area contributed by atoms with Gasteiger partial charge >= 0.3 is 0 Å². The highest BCUT2D eigenvalue weighted by Gasteiger charge is 2.54. The van der Waals surface area contributed by atoms with Crippen LogP contribution in [0.2, 0.25) is 54.4 Å². The molecule has 1 aliphatic rings. The summed E-state index contributed by atoms with van der Waals surface area (Å²) in [5.74, 6) is -1.02. The second-order valence-electron chi connectivity index (χ2n) is 17.6. The molecule has 1 fully saturated rings. The number of rotatable bonds is 13. The van der Waals surface area contributed by atoms with Crippen molar-refractivity contribution >= 4 is 25.0 Å². The van der Waals surface area contributed by atoms with Gasteiger partial charge in [-0.1, -0.05) is 62.3 Å². The van der Waals surface area contributed by atoms with Crippen LogP contribution in [0.5, 0.6) is 0 Å². The van der Waals surface area contributed by atoms with Crippen molar-refractivity contribution in [2.75, 3.05) is 6.61 Å². The summed E-state index contributed by atoms with van der Waals surface area (Å²) in [6, 6.07) is 0. The molecule has 1 rings (SSSR count). The van der Waals surface area contributed by atoms with Crippen LogP contribution in [0, 0.1) is 0 Å². The molecule has 0 amide bonds. The summed E-state index contributed by atoms with van der Waals surface area (Å²) in [4.78, 5) is 0. The van der Waals surface area contributed by atoms with Crippen molar-refractivity contribution in [1.29, 1.82) is 0 Å². The molecule has 9 nitrogen and oxygen atoms in total. The van der Waals surface area contributed by atoms with E-state index in [0.717, 1.165) is 0 Å². The molecule has 1 aliphatic heterocycles. The second kappa shape index (κ2) is 13.8. The van der Waals surface area contributed by atoms with Crippen molar-refractivity contribution in [2.24, 2.45) is 0 Å². The van der Waals surface area contributed by atoms with E-state index in [1.165, 1.54) is 6.92 Å². The summed E-state index contributed by atoms with van der Waals surface area (Å²) in [5.41, 5.74) is 0. The predicted octanol–water partition coefficient (Wildman–Crippen LogP) is 5.77. The summed E-state index contributed by atoms with van der Waals surface area (Å²) in [6.07, 6.45) is -9.39. The first-order chi connectivity index (χ1) is 18.8. The van der Waals surface area contributed by atoms with Gasteiger partial charge in [0.15, 0.2) is 30.7 Å². The molecule has 1 saturated heterocycles. The summed E-state index contributed by atoms with van der Waals surface area (Å²) in [6.45, 7) is 36.7. The second-order valence-corrected chi connectivity index (χ2v) is 31.9. The molecule has 12 heteroatoms. The van der Waals surface area contributed by atoms with Crippen LogP contribution in [0.15, 0.2) is 0 Å². The van der Waals surface area contributed by atoms with Gasteiger partial charge < -0.3 is 43.2 Å². The van der Waals surface area contributed by atoms with Gasteiger partial charge in [-0.3, -0.25) is 0 Å². The molecule has 0 bridgehead atoms. The fraction of sp³-hybridized carbons (Fsp3) is 1.00. The van der Waals surface area contributed by atoms with Crippen LogP contribution in [0.25, 0.3) is 0 Å². The normalized spacial score (nSPS) is 25.3. The average molecular weight is 669 g/mol. The van der Waals surface area contributed by atoms with Gasteiger partial charge in [0.2, 0.25) is 0 Å². The Kier molecular flexibility index (Phi) is 13.3. The van der Waals surface area contributed by atoms with E-state index in [9.17, 15) is 20.4 Å². The lowest BCUT2D eigenvalue weighted by Gasteiger charge is -2.48. The van der Waals surface area contributed by atoms with Crippen molar-refractivity contribution in [3.05, 3.63) is 0 Å². The van der Waals surface area contributed by atoms with E-state index >= 15 is 0 Å². The van der Waals surface area contributed by atoms with E-state index in [2.05, 4.69) is 75.4 Å². The molecule has 8 atom stereocenters. The lowest BCUT2D eigenvalue weighted by molar-refractivity contribution is -0.181. The molecule has 0 spiro atoms. The number of aliphatic hydroxyl groups is 4. The van der Waals surface area contributed by atoms with Gasteiger partial charge in [0, 0.05) is 0 Å². The zero-order valence-electron chi connectivity index (χ0n) is 30.7. The SMILES string of the molecule is C[C@@H](O)[C@H](O)[C@H](O[Si](C)(C)C(C)(C)C)[C@@H](O[Si](C)(C)C(C)(C)C)[C@@H](O)[C@H](O)[C@@H]1OC(C)(C)O[C@H]1CO[Si](C)(C)C(C)(C)C. The van der Waals surface area contributed by atoms with E-state index in [1.54, 1.807) is 13.8 Å². The minimum Gasteiger partial charge on any atom is -0.414 e. The van der Waals surface area contributed by atoms with E-state index in [4.69, 9.17) is 22.8 Å². The van der Waals surface area contributed by atoms with Crippen molar-refractivity contribution in [3.63, 3.8) is 0 Å². The zero-order valence-corrected chi connectivity index (χ0v) is 33.7. The molecule has 0 aliphatic carbocycles. The smallest absolute Gasteiger partial charge is 0.192 e. The molecule has 0 radical (unpaired) electrons. The van der Waals surface area contributed by atoms with Crippen LogP contribution in [0.1, 0.15) is 83.1 Å². The third-order valence-electron chi connectivity index (χ3n) is 10.3. The molecule has 43 heavy (non-hydrogen) atoms. The first kappa shape index (κ1) is 41.3. The summed E-state index contributed by atoms with van der Waals surface area (Å²) >= 11 is 0. The zero-order chi connectivity index (χ0) is 34.4. The molecule has 1 heterocycles. The maximum atomic E-state index is 12.0. The van der Waals surface area contributed by atoms with Crippen LogP contribution < -0.4 is 0 Å². The van der Waals surface area contributed by atoms with Crippen molar-refractivity contribution < 1.29 is 43.2 Å². The number of hydrogen-bond donors (Lipinski definition) is 4. The standard InChI is InChI=1S/C31H68O9Si3/c1-20(32)22(33)26(39-42(15,16)29(5,6)7)27(40-43(17,18)30(8,9)10)24(35)23(34)25-21(37-31(11,12)38-25)19-36-41(13,14)28(2,3)4/h20-27,32-35H,19H2,1-18H3/t20-,21+,22+,23+,24+,25-,26+,27+/m1/s1. The molecule has 258 valence electrons. The van der Waals surface area contributed by atoms with Crippen molar-refractivity contribution in [1.82, 2.24) is 0 Å². The minimum atomic E-state index is -2.61. The Labute approximate surface area is 266 Å². The quantitative estimate of drug-likeness (QED) is 0.181. The monoisotopic (exact) mass is 668 g/mol. The molecule has 0 aromatic carbocycles. The van der Waals surface area contributed by atoms with E-state index in [-0.39, 0.29) is 21.7 Å². The molecule has 0 unspecified atom stereocenters. The highest BCUT2D eigenvalue weighted by atomic mass is 28.4. The molecule has 0 saturated carbocycles. The summed E-state index contributed by atoms with van der Waals surface area (Å²) < 4.78 is 32.4. The van der Waals surface area contributed by atoms with Crippen LogP contribution in [-0.2, 0) is 22.8 Å². The van der Waals surface area contributed by atoms with Crippen molar-refractivity contribution in [2.45, 2.75) is 192 Å². The molecular weight excluding hydrogens is 601 g/mol. The third kappa shape index (κ3) is 10.4. The first-order valence-corrected chi connectivity index (χ1v) is 24.6. The van der Waals surface area contributed by atoms with Gasteiger partial charge in [-0.2, -0.15) is 0 Å². The van der Waals surface area contributed by atoms with Crippen LogP contribution >= 0.6 is 0 Å². The fourth-order valence-corrected chi connectivity index (χ4v) is 7.78. The number of ether oxygens (including phenoxy) is 2. The van der Waals surface area contributed by atoms with Crippen LogP contribution in [0.4, 0.5) is 0 Å². The Morgan fingerprint density at radius 3 is 1.37 bits per heavy atom. The van der Waals surface area contributed by atoms with Gasteiger partial charge in [-0.05, 0) is 75.2 Å². The third-order valence-corrected chi connectivity index (χ3v) is 23.7. The van der Waals surface area contributed by atoms with Gasteiger partial charge in [0.1, 0.15) is 42.7 Å². The maximum absolute atomic E-state index is 12.0. The van der Waals surface area contributed by atoms with Crippen LogP contribution in [0.3, 0.4) is 0 Å². The Balaban J connectivity index is 3.63. The predicted molar refractivity (Wildman–Crippen MR) is 181 cm³/mol.